The van der Waals surface area contributed by atoms with Crippen LogP contribution in [0.2, 0.25) is 0 Å². The van der Waals surface area contributed by atoms with Crippen LogP contribution in [0.5, 0.6) is 0 Å². The molecule has 2 aromatic heterocycles. The third-order valence-corrected chi connectivity index (χ3v) is 6.89. The molecule has 3 aromatic rings. The summed E-state index contributed by atoms with van der Waals surface area (Å²) in [5.41, 5.74) is 4.59. The normalized spacial score (nSPS) is 19.2. The summed E-state index contributed by atoms with van der Waals surface area (Å²) in [7, 11) is 0. The lowest BCUT2D eigenvalue weighted by Gasteiger charge is -2.28. The predicted octanol–water partition coefficient (Wildman–Crippen LogP) is 3.20. The second kappa shape index (κ2) is 7.26. The number of benzene rings is 1. The Morgan fingerprint density at radius 3 is 3.18 bits per heavy atom. The molecule has 0 spiro atoms. The molecule has 1 saturated heterocycles. The van der Waals surface area contributed by atoms with E-state index < -0.39 is 0 Å². The summed E-state index contributed by atoms with van der Waals surface area (Å²) in [6.45, 7) is 5.48. The van der Waals surface area contributed by atoms with Crippen LogP contribution in [0.15, 0.2) is 29.8 Å². The van der Waals surface area contributed by atoms with Crippen molar-refractivity contribution in [3.8, 4) is 0 Å². The average molecular weight is 393 g/mol. The molecule has 2 aliphatic rings. The van der Waals surface area contributed by atoms with E-state index in [-0.39, 0.29) is 5.91 Å². The van der Waals surface area contributed by atoms with Gasteiger partial charge in [0.25, 0.3) is 0 Å². The predicted molar refractivity (Wildman–Crippen MR) is 112 cm³/mol. The summed E-state index contributed by atoms with van der Waals surface area (Å²) >= 11 is 1.72. The van der Waals surface area contributed by atoms with Crippen molar-refractivity contribution in [1.82, 2.24) is 20.2 Å². The van der Waals surface area contributed by atoms with Crippen molar-refractivity contribution in [1.29, 1.82) is 0 Å². The number of hydrogen-bond donors (Lipinski definition) is 1. The molecule has 1 amide bonds. The number of fused-ring (bicyclic) bond motifs is 2. The SMILES string of the molecule is Cc1ccc2scc(CC(=O)N3CCc4nc(C5CCNC5)ncc4C3)c2c1. The number of amides is 1. The first kappa shape index (κ1) is 17.8. The summed E-state index contributed by atoms with van der Waals surface area (Å²) in [5, 5.41) is 6.72. The highest BCUT2D eigenvalue weighted by atomic mass is 32.1. The minimum absolute atomic E-state index is 0.191. The molecule has 144 valence electrons. The summed E-state index contributed by atoms with van der Waals surface area (Å²) < 4.78 is 1.25. The Morgan fingerprint density at radius 2 is 2.32 bits per heavy atom. The van der Waals surface area contributed by atoms with E-state index in [9.17, 15) is 4.79 Å². The molecule has 0 bridgehead atoms. The number of aryl methyl sites for hydroxylation is 1. The average Bonchev–Trinajstić information content (AvgIpc) is 3.38. The van der Waals surface area contributed by atoms with Crippen LogP contribution in [0.4, 0.5) is 0 Å². The van der Waals surface area contributed by atoms with Gasteiger partial charge in [0.2, 0.25) is 5.91 Å². The van der Waals surface area contributed by atoms with Gasteiger partial charge in [0.05, 0.1) is 12.1 Å². The molecule has 1 atom stereocenters. The first-order chi connectivity index (χ1) is 13.7. The van der Waals surface area contributed by atoms with Crippen LogP contribution in [-0.4, -0.2) is 40.4 Å². The molecule has 0 aliphatic carbocycles. The van der Waals surface area contributed by atoms with E-state index in [2.05, 4.69) is 40.8 Å². The fraction of sp³-hybridized carbons (Fsp3) is 0.409. The number of thiophene rings is 1. The lowest BCUT2D eigenvalue weighted by Crippen LogP contribution is -2.37. The van der Waals surface area contributed by atoms with Crippen LogP contribution in [0.25, 0.3) is 10.1 Å². The molecule has 5 nitrogen and oxygen atoms in total. The van der Waals surface area contributed by atoms with Gasteiger partial charge in [0.15, 0.2) is 0 Å². The molecule has 1 unspecified atom stereocenters. The Labute approximate surface area is 168 Å². The maximum Gasteiger partial charge on any atom is 0.227 e. The Kier molecular flexibility index (Phi) is 4.61. The van der Waals surface area contributed by atoms with Crippen LogP contribution in [0.3, 0.4) is 0 Å². The molecular formula is C22H24N4OS. The Balaban J connectivity index is 1.31. The second-order valence-corrected chi connectivity index (χ2v) is 8.80. The van der Waals surface area contributed by atoms with Crippen molar-refractivity contribution in [3.05, 3.63) is 58.0 Å². The molecule has 4 heterocycles. The molecule has 1 N–H and O–H groups in total. The highest BCUT2D eigenvalue weighted by Gasteiger charge is 2.25. The zero-order valence-corrected chi connectivity index (χ0v) is 16.9. The van der Waals surface area contributed by atoms with Gasteiger partial charge < -0.3 is 10.2 Å². The van der Waals surface area contributed by atoms with Gasteiger partial charge in [-0.1, -0.05) is 17.7 Å². The highest BCUT2D eigenvalue weighted by molar-refractivity contribution is 7.17. The highest BCUT2D eigenvalue weighted by Crippen LogP contribution is 2.28. The molecule has 1 fully saturated rings. The monoisotopic (exact) mass is 392 g/mol. The van der Waals surface area contributed by atoms with Crippen LogP contribution < -0.4 is 5.32 Å². The largest absolute Gasteiger partial charge is 0.338 e. The first-order valence-corrected chi connectivity index (χ1v) is 10.9. The third-order valence-electron chi connectivity index (χ3n) is 5.88. The van der Waals surface area contributed by atoms with Gasteiger partial charge in [-0.2, -0.15) is 0 Å². The molecule has 6 heteroatoms. The van der Waals surface area contributed by atoms with E-state index in [1.54, 1.807) is 11.3 Å². The Morgan fingerprint density at radius 1 is 1.39 bits per heavy atom. The van der Waals surface area contributed by atoms with E-state index >= 15 is 0 Å². The maximum atomic E-state index is 13.0. The van der Waals surface area contributed by atoms with E-state index in [0.29, 0.717) is 18.9 Å². The van der Waals surface area contributed by atoms with Crippen LogP contribution in [-0.2, 0) is 24.2 Å². The van der Waals surface area contributed by atoms with Gasteiger partial charge >= 0.3 is 0 Å². The smallest absolute Gasteiger partial charge is 0.227 e. The fourth-order valence-corrected chi connectivity index (χ4v) is 5.17. The summed E-state index contributed by atoms with van der Waals surface area (Å²) in [4.78, 5) is 24.4. The van der Waals surface area contributed by atoms with Gasteiger partial charge in [0.1, 0.15) is 5.82 Å². The van der Waals surface area contributed by atoms with E-state index in [1.807, 2.05) is 11.1 Å². The maximum absolute atomic E-state index is 13.0. The van der Waals surface area contributed by atoms with Crippen molar-refractivity contribution in [2.75, 3.05) is 19.6 Å². The number of carbonyl (C=O) groups excluding carboxylic acids is 1. The molecule has 0 saturated carbocycles. The first-order valence-electron chi connectivity index (χ1n) is 9.97. The van der Waals surface area contributed by atoms with Crippen molar-refractivity contribution in [2.45, 2.75) is 38.6 Å². The molecule has 2 aliphatic heterocycles. The Bertz CT molecular complexity index is 1040. The Hall–Kier alpha value is -2.31. The van der Waals surface area contributed by atoms with Crippen LogP contribution >= 0.6 is 11.3 Å². The van der Waals surface area contributed by atoms with Gasteiger partial charge in [-0.15, -0.1) is 11.3 Å². The number of nitrogens with zero attached hydrogens (tertiary/aromatic N) is 3. The van der Waals surface area contributed by atoms with Gasteiger partial charge in [0, 0.05) is 48.4 Å². The lowest BCUT2D eigenvalue weighted by molar-refractivity contribution is -0.131. The third kappa shape index (κ3) is 3.31. The quantitative estimate of drug-likeness (QED) is 0.744. The second-order valence-electron chi connectivity index (χ2n) is 7.89. The number of carbonyl (C=O) groups is 1. The molecule has 28 heavy (non-hydrogen) atoms. The van der Waals surface area contributed by atoms with Gasteiger partial charge in [-0.3, -0.25) is 4.79 Å². The standard InChI is InChI=1S/C22H24N4OS/c1-14-2-3-20-18(8-14)16(13-28-20)9-21(27)26-7-5-19-17(12-26)11-24-22(25-19)15-4-6-23-10-15/h2-3,8,11,13,15,23H,4-7,9-10,12H2,1H3. The van der Waals surface area contributed by atoms with Crippen molar-refractivity contribution < 1.29 is 4.79 Å². The fourth-order valence-electron chi connectivity index (χ4n) is 4.22. The van der Waals surface area contributed by atoms with Crippen molar-refractivity contribution in [3.63, 3.8) is 0 Å². The van der Waals surface area contributed by atoms with Crippen LogP contribution in [0, 0.1) is 6.92 Å². The van der Waals surface area contributed by atoms with E-state index in [0.717, 1.165) is 55.1 Å². The van der Waals surface area contributed by atoms with Crippen LogP contribution in [0.1, 0.15) is 40.5 Å². The summed E-state index contributed by atoms with van der Waals surface area (Å²) in [5.74, 6) is 1.58. The number of rotatable bonds is 3. The summed E-state index contributed by atoms with van der Waals surface area (Å²) in [6.07, 6.45) is 4.34. The molecular weight excluding hydrogens is 368 g/mol. The summed E-state index contributed by atoms with van der Waals surface area (Å²) in [6, 6.07) is 6.46. The topological polar surface area (TPSA) is 58.1 Å². The number of hydrogen-bond acceptors (Lipinski definition) is 5. The van der Waals surface area contributed by atoms with E-state index in [4.69, 9.17) is 4.98 Å². The zero-order valence-electron chi connectivity index (χ0n) is 16.1. The van der Waals surface area contributed by atoms with E-state index in [1.165, 1.54) is 15.6 Å². The lowest BCUT2D eigenvalue weighted by atomic mass is 10.0. The minimum Gasteiger partial charge on any atom is -0.338 e. The van der Waals surface area contributed by atoms with Crippen molar-refractivity contribution >= 4 is 27.3 Å². The van der Waals surface area contributed by atoms with Gasteiger partial charge in [-0.05, 0) is 42.3 Å². The molecule has 0 radical (unpaired) electrons. The van der Waals surface area contributed by atoms with Gasteiger partial charge in [-0.25, -0.2) is 9.97 Å². The zero-order chi connectivity index (χ0) is 19.1. The number of aromatic nitrogens is 2. The van der Waals surface area contributed by atoms with Crippen molar-refractivity contribution in [2.24, 2.45) is 0 Å². The molecule has 1 aromatic carbocycles. The minimum atomic E-state index is 0.191. The number of nitrogens with one attached hydrogen (secondary N) is 1. The molecule has 5 rings (SSSR count).